The number of rotatable bonds is 6. The van der Waals surface area contributed by atoms with Crippen molar-refractivity contribution in [1.82, 2.24) is 0 Å². The molecule has 7 nitrogen and oxygen atoms in total. The molecule has 1 unspecified atom stereocenters. The summed E-state index contributed by atoms with van der Waals surface area (Å²) in [6.45, 7) is 0.0957. The third-order valence-electron chi connectivity index (χ3n) is 6.23. The number of nitrogens with one attached hydrogen (secondary N) is 1. The number of fused-ring (bicyclic) bond motifs is 3. The van der Waals surface area contributed by atoms with Crippen molar-refractivity contribution >= 4 is 17.5 Å². The molecule has 1 aliphatic rings. The highest BCUT2D eigenvalue weighted by Crippen LogP contribution is 2.44. The van der Waals surface area contributed by atoms with Gasteiger partial charge >= 0.3 is 6.09 Å². The van der Waals surface area contributed by atoms with Gasteiger partial charge in [-0.05, 0) is 39.4 Å². The lowest BCUT2D eigenvalue weighted by atomic mass is 9.98. The van der Waals surface area contributed by atoms with Gasteiger partial charge in [0.25, 0.3) is 5.69 Å². The van der Waals surface area contributed by atoms with Crippen LogP contribution < -0.4 is 5.32 Å². The molecule has 5 rings (SSSR count). The summed E-state index contributed by atoms with van der Waals surface area (Å²) in [5, 5.41) is 24.8. The van der Waals surface area contributed by atoms with E-state index in [4.69, 9.17) is 4.74 Å². The first-order valence-electron chi connectivity index (χ1n) is 11.2. The maximum absolute atomic E-state index is 12.6. The van der Waals surface area contributed by atoms with Gasteiger partial charge in [0.05, 0.1) is 4.92 Å². The summed E-state index contributed by atoms with van der Waals surface area (Å²) in [7, 11) is 0. The zero-order chi connectivity index (χ0) is 24.4. The predicted molar refractivity (Wildman–Crippen MR) is 132 cm³/mol. The van der Waals surface area contributed by atoms with E-state index < -0.39 is 17.1 Å². The quantitative estimate of drug-likeness (QED) is 0.267. The molecular formula is C28H22N2O5. The number of carbonyl (C=O) groups excluding carboxylic acids is 1. The van der Waals surface area contributed by atoms with Crippen LogP contribution in [0.15, 0.2) is 97.1 Å². The maximum atomic E-state index is 12.6. The van der Waals surface area contributed by atoms with Crippen molar-refractivity contribution in [3.63, 3.8) is 0 Å². The number of hydrogen-bond acceptors (Lipinski definition) is 5. The number of nitro groups is 1. The van der Waals surface area contributed by atoms with Crippen LogP contribution in [0.25, 0.3) is 11.1 Å². The number of nitro benzene ring substituents is 1. The molecule has 0 fully saturated rings. The highest BCUT2D eigenvalue weighted by molar-refractivity contribution is 5.88. The third kappa shape index (κ3) is 4.37. The lowest BCUT2D eigenvalue weighted by Gasteiger charge is -2.15. The Balaban J connectivity index is 1.32. The van der Waals surface area contributed by atoms with E-state index in [1.165, 1.54) is 12.1 Å². The number of aliphatic hydroxyl groups excluding tert-OH is 1. The summed E-state index contributed by atoms with van der Waals surface area (Å²) < 4.78 is 5.50. The molecule has 0 saturated carbocycles. The zero-order valence-electron chi connectivity index (χ0n) is 18.6. The van der Waals surface area contributed by atoms with Gasteiger partial charge in [0, 0.05) is 12.0 Å². The molecule has 4 aromatic rings. The van der Waals surface area contributed by atoms with Gasteiger partial charge in [-0.15, -0.1) is 0 Å². The molecule has 0 aromatic heterocycles. The topological polar surface area (TPSA) is 102 Å². The Bertz CT molecular complexity index is 1360. The number of amides is 1. The van der Waals surface area contributed by atoms with E-state index in [9.17, 15) is 20.0 Å². The van der Waals surface area contributed by atoms with Crippen LogP contribution in [0, 0.1) is 10.1 Å². The van der Waals surface area contributed by atoms with Gasteiger partial charge in [-0.2, -0.15) is 0 Å². The zero-order valence-corrected chi connectivity index (χ0v) is 18.6. The fourth-order valence-electron chi connectivity index (χ4n) is 4.55. The minimum atomic E-state index is -1.03. The van der Waals surface area contributed by atoms with Gasteiger partial charge in [0.2, 0.25) is 0 Å². The minimum Gasteiger partial charge on any atom is -0.448 e. The lowest BCUT2D eigenvalue weighted by molar-refractivity contribution is -0.384. The highest BCUT2D eigenvalue weighted by Gasteiger charge is 2.29. The Kier molecular flexibility index (Phi) is 5.99. The van der Waals surface area contributed by atoms with Gasteiger partial charge in [0.1, 0.15) is 18.4 Å². The van der Waals surface area contributed by atoms with Gasteiger partial charge in [0.15, 0.2) is 0 Å². The average Bonchev–Trinajstić information content (AvgIpc) is 3.21. The summed E-state index contributed by atoms with van der Waals surface area (Å²) in [6.07, 6.45) is -1.82. The molecule has 0 radical (unpaired) electrons. The summed E-state index contributed by atoms with van der Waals surface area (Å²) in [5.74, 6) is -0.119. The van der Waals surface area contributed by atoms with E-state index >= 15 is 0 Å². The second kappa shape index (κ2) is 9.40. The standard InChI is InChI=1S/C28H22N2O5/c31-27(18-8-2-1-3-9-18)19-14-15-25(26(16-19)30(33)34)29-28(32)35-17-24-22-12-6-4-10-20(22)21-11-5-7-13-23(21)24/h1-16,24,27,31H,17H2,(H,29,32). The van der Waals surface area contributed by atoms with E-state index in [-0.39, 0.29) is 23.9 Å². The molecule has 4 aromatic carbocycles. The molecule has 0 saturated heterocycles. The van der Waals surface area contributed by atoms with Crippen LogP contribution in [0.3, 0.4) is 0 Å². The van der Waals surface area contributed by atoms with Gasteiger partial charge in [-0.25, -0.2) is 4.79 Å². The molecule has 1 atom stereocenters. The molecule has 35 heavy (non-hydrogen) atoms. The smallest absolute Gasteiger partial charge is 0.411 e. The van der Waals surface area contributed by atoms with Gasteiger partial charge < -0.3 is 9.84 Å². The Hall–Kier alpha value is -4.49. The van der Waals surface area contributed by atoms with E-state index in [1.54, 1.807) is 30.3 Å². The monoisotopic (exact) mass is 466 g/mol. The summed E-state index contributed by atoms with van der Waals surface area (Å²) in [4.78, 5) is 23.7. The van der Waals surface area contributed by atoms with E-state index in [2.05, 4.69) is 5.32 Å². The van der Waals surface area contributed by atoms with Gasteiger partial charge in [-0.1, -0.05) is 84.9 Å². The van der Waals surface area contributed by atoms with Crippen LogP contribution in [0.5, 0.6) is 0 Å². The molecule has 0 heterocycles. The number of ether oxygens (including phenoxy) is 1. The molecule has 7 heteroatoms. The van der Waals surface area contributed by atoms with Crippen molar-refractivity contribution < 1.29 is 19.6 Å². The molecule has 0 bridgehead atoms. The fraction of sp³-hybridized carbons (Fsp3) is 0.107. The summed E-state index contributed by atoms with van der Waals surface area (Å²) in [6, 6.07) is 29.0. The number of aliphatic hydroxyl groups is 1. The van der Waals surface area contributed by atoms with Crippen molar-refractivity contribution in [1.29, 1.82) is 0 Å². The second-order valence-electron chi connectivity index (χ2n) is 8.30. The molecule has 174 valence electrons. The predicted octanol–water partition coefficient (Wildman–Crippen LogP) is 6.04. The largest absolute Gasteiger partial charge is 0.448 e. The Morgan fingerprint density at radius 1 is 0.886 bits per heavy atom. The van der Waals surface area contributed by atoms with Crippen molar-refractivity contribution in [3.8, 4) is 11.1 Å². The molecular weight excluding hydrogens is 444 g/mol. The number of benzene rings is 4. The molecule has 2 N–H and O–H groups in total. The van der Waals surface area contributed by atoms with E-state index in [0.29, 0.717) is 11.1 Å². The summed E-state index contributed by atoms with van der Waals surface area (Å²) >= 11 is 0. The van der Waals surface area contributed by atoms with Crippen molar-refractivity contribution in [2.24, 2.45) is 0 Å². The van der Waals surface area contributed by atoms with Gasteiger partial charge in [-0.3, -0.25) is 15.4 Å². The van der Waals surface area contributed by atoms with Crippen molar-refractivity contribution in [3.05, 3.63) is 129 Å². The van der Waals surface area contributed by atoms with E-state index in [1.807, 2.05) is 54.6 Å². The fourth-order valence-corrected chi connectivity index (χ4v) is 4.55. The van der Waals surface area contributed by atoms with Crippen LogP contribution in [0.4, 0.5) is 16.2 Å². The second-order valence-corrected chi connectivity index (χ2v) is 8.30. The van der Waals surface area contributed by atoms with Crippen LogP contribution in [-0.4, -0.2) is 22.7 Å². The minimum absolute atomic E-state index is 0.00349. The van der Waals surface area contributed by atoms with Crippen molar-refractivity contribution in [2.45, 2.75) is 12.0 Å². The first-order chi connectivity index (χ1) is 17.0. The first-order valence-corrected chi connectivity index (χ1v) is 11.2. The molecule has 0 aliphatic heterocycles. The summed E-state index contributed by atoms with van der Waals surface area (Å²) in [5.41, 5.74) is 5.00. The number of carbonyl (C=O) groups is 1. The number of hydrogen-bond donors (Lipinski definition) is 2. The highest BCUT2D eigenvalue weighted by atomic mass is 16.6. The van der Waals surface area contributed by atoms with Crippen LogP contribution in [0.2, 0.25) is 0 Å². The van der Waals surface area contributed by atoms with Crippen LogP contribution in [-0.2, 0) is 4.74 Å². The first kappa shape index (κ1) is 22.3. The molecule has 1 amide bonds. The Morgan fingerprint density at radius 3 is 2.11 bits per heavy atom. The van der Waals surface area contributed by atoms with E-state index in [0.717, 1.165) is 22.3 Å². The van der Waals surface area contributed by atoms with Crippen LogP contribution >= 0.6 is 0 Å². The molecule has 0 spiro atoms. The SMILES string of the molecule is O=C(Nc1ccc(C(O)c2ccccc2)cc1[N+](=O)[O-])OCC1c2ccccc2-c2ccccc21. The third-order valence-corrected chi connectivity index (χ3v) is 6.23. The normalized spacial score (nSPS) is 12.9. The average molecular weight is 466 g/mol. The van der Waals surface area contributed by atoms with Crippen LogP contribution in [0.1, 0.15) is 34.3 Å². The van der Waals surface area contributed by atoms with Crippen molar-refractivity contribution in [2.75, 3.05) is 11.9 Å². The molecule has 1 aliphatic carbocycles. The number of nitrogens with zero attached hydrogens (tertiary/aromatic N) is 1. The Morgan fingerprint density at radius 2 is 1.49 bits per heavy atom. The maximum Gasteiger partial charge on any atom is 0.411 e. The number of anilines is 1. The lowest BCUT2D eigenvalue weighted by Crippen LogP contribution is -2.18. The Labute approximate surface area is 201 Å².